The van der Waals surface area contributed by atoms with Gasteiger partial charge in [-0.25, -0.2) is 0 Å². The Balaban J connectivity index is 2.52. The molecular weight excluding hydrogens is 245 g/mol. The maximum atomic E-state index is 11.5. The predicted molar refractivity (Wildman–Crippen MR) is 69.1 cm³/mol. The van der Waals surface area contributed by atoms with E-state index in [9.17, 15) is 4.79 Å². The molecule has 0 unspecified atom stereocenters. The fraction of sp³-hybridized carbons (Fsp3) is 0.250. The van der Waals surface area contributed by atoms with Crippen molar-refractivity contribution >= 4 is 34.8 Å². The number of unbranched alkanes of at least 4 members (excludes halogenated alkanes) is 1. The molecule has 16 heavy (non-hydrogen) atoms. The van der Waals surface area contributed by atoms with Gasteiger partial charge in [0.2, 0.25) is 5.91 Å². The van der Waals surface area contributed by atoms with E-state index in [-0.39, 0.29) is 5.91 Å². The van der Waals surface area contributed by atoms with Crippen LogP contribution < -0.4 is 5.32 Å². The fourth-order valence-electron chi connectivity index (χ4n) is 1.21. The van der Waals surface area contributed by atoms with Crippen molar-refractivity contribution in [2.24, 2.45) is 0 Å². The van der Waals surface area contributed by atoms with Crippen LogP contribution in [0.1, 0.15) is 19.3 Å². The second kappa shape index (κ2) is 6.56. The quantitative estimate of drug-likeness (QED) is 0.619. The molecule has 0 atom stereocenters. The molecule has 0 saturated carbocycles. The largest absolute Gasteiger partial charge is 0.325 e. The van der Waals surface area contributed by atoms with E-state index in [4.69, 9.17) is 23.2 Å². The summed E-state index contributed by atoms with van der Waals surface area (Å²) in [6.07, 6.45) is 3.88. The highest BCUT2D eigenvalue weighted by Gasteiger charge is 2.05. The van der Waals surface area contributed by atoms with Crippen molar-refractivity contribution in [2.45, 2.75) is 19.3 Å². The summed E-state index contributed by atoms with van der Waals surface area (Å²) < 4.78 is 0. The molecule has 0 aliphatic rings. The average molecular weight is 258 g/mol. The van der Waals surface area contributed by atoms with E-state index in [0.717, 1.165) is 12.8 Å². The smallest absolute Gasteiger partial charge is 0.224 e. The lowest BCUT2D eigenvalue weighted by Gasteiger charge is -2.06. The zero-order valence-electron chi connectivity index (χ0n) is 8.80. The Hall–Kier alpha value is -0.990. The van der Waals surface area contributed by atoms with Crippen LogP contribution in [-0.2, 0) is 4.79 Å². The molecule has 86 valence electrons. The first-order valence-electron chi connectivity index (χ1n) is 4.99. The zero-order chi connectivity index (χ0) is 12.0. The first-order valence-corrected chi connectivity index (χ1v) is 5.75. The highest BCUT2D eigenvalue weighted by molar-refractivity contribution is 6.36. The van der Waals surface area contributed by atoms with Gasteiger partial charge in [-0.05, 0) is 31.0 Å². The van der Waals surface area contributed by atoms with Crippen LogP contribution in [0.4, 0.5) is 5.69 Å². The molecule has 1 amide bonds. The molecular formula is C12H13Cl2NO. The monoisotopic (exact) mass is 257 g/mol. The summed E-state index contributed by atoms with van der Waals surface area (Å²) in [6.45, 7) is 3.60. The van der Waals surface area contributed by atoms with Crippen LogP contribution in [0, 0.1) is 0 Å². The third-order valence-corrected chi connectivity index (χ3v) is 2.57. The summed E-state index contributed by atoms with van der Waals surface area (Å²) in [6, 6.07) is 4.98. The molecule has 1 N–H and O–H groups in total. The summed E-state index contributed by atoms with van der Waals surface area (Å²) in [5, 5.41) is 3.73. The second-order valence-electron chi connectivity index (χ2n) is 3.35. The number of anilines is 1. The van der Waals surface area contributed by atoms with Gasteiger partial charge in [-0.15, -0.1) is 6.58 Å². The molecule has 1 aromatic rings. The molecule has 2 nitrogen and oxygen atoms in total. The molecule has 0 radical (unpaired) electrons. The normalized spacial score (nSPS) is 9.88. The Morgan fingerprint density at radius 2 is 2.19 bits per heavy atom. The summed E-state index contributed by atoms with van der Waals surface area (Å²) >= 11 is 11.7. The molecule has 0 bridgehead atoms. The fourth-order valence-corrected chi connectivity index (χ4v) is 1.67. The third kappa shape index (κ3) is 4.25. The molecule has 0 heterocycles. The van der Waals surface area contributed by atoms with Gasteiger partial charge in [0.25, 0.3) is 0 Å². The van der Waals surface area contributed by atoms with E-state index < -0.39 is 0 Å². The molecule has 0 saturated heterocycles. The summed E-state index contributed by atoms with van der Waals surface area (Å²) in [5.74, 6) is -0.0499. The number of hydrogen-bond acceptors (Lipinski definition) is 1. The maximum Gasteiger partial charge on any atom is 0.224 e. The average Bonchev–Trinajstić information content (AvgIpc) is 2.23. The number of nitrogens with one attached hydrogen (secondary N) is 1. The van der Waals surface area contributed by atoms with E-state index in [2.05, 4.69) is 11.9 Å². The standard InChI is InChI=1S/C12H13Cl2NO/c1-2-3-4-5-12(16)15-11-7-6-9(13)8-10(11)14/h2,6-8H,1,3-5H2,(H,15,16). The van der Waals surface area contributed by atoms with Gasteiger partial charge in [0.05, 0.1) is 10.7 Å². The van der Waals surface area contributed by atoms with Crippen molar-refractivity contribution < 1.29 is 4.79 Å². The van der Waals surface area contributed by atoms with Gasteiger partial charge in [0.1, 0.15) is 0 Å². The number of rotatable bonds is 5. The van der Waals surface area contributed by atoms with E-state index >= 15 is 0 Å². The van der Waals surface area contributed by atoms with Crippen LogP contribution in [0.3, 0.4) is 0 Å². The lowest BCUT2D eigenvalue weighted by atomic mass is 10.2. The topological polar surface area (TPSA) is 29.1 Å². The third-order valence-electron chi connectivity index (χ3n) is 2.02. The van der Waals surface area contributed by atoms with Crippen molar-refractivity contribution in [2.75, 3.05) is 5.32 Å². The molecule has 4 heteroatoms. The van der Waals surface area contributed by atoms with Crippen LogP contribution in [0.25, 0.3) is 0 Å². The number of allylic oxidation sites excluding steroid dienone is 1. The minimum Gasteiger partial charge on any atom is -0.325 e. The number of amides is 1. The van der Waals surface area contributed by atoms with Crippen molar-refractivity contribution in [3.63, 3.8) is 0 Å². The van der Waals surface area contributed by atoms with Crippen LogP contribution in [0.5, 0.6) is 0 Å². The number of halogens is 2. The first kappa shape index (κ1) is 13.1. The summed E-state index contributed by atoms with van der Waals surface area (Å²) in [4.78, 5) is 11.5. The maximum absolute atomic E-state index is 11.5. The van der Waals surface area contributed by atoms with Crippen LogP contribution in [0.15, 0.2) is 30.9 Å². The Morgan fingerprint density at radius 1 is 1.44 bits per heavy atom. The van der Waals surface area contributed by atoms with Crippen LogP contribution in [0.2, 0.25) is 10.0 Å². The van der Waals surface area contributed by atoms with E-state index in [0.29, 0.717) is 22.2 Å². The van der Waals surface area contributed by atoms with E-state index in [1.165, 1.54) is 0 Å². The highest BCUT2D eigenvalue weighted by atomic mass is 35.5. The number of benzene rings is 1. The lowest BCUT2D eigenvalue weighted by Crippen LogP contribution is -2.11. The molecule has 0 fully saturated rings. The molecule has 0 aliphatic heterocycles. The molecule has 0 spiro atoms. The minimum atomic E-state index is -0.0499. The molecule has 1 aromatic carbocycles. The van der Waals surface area contributed by atoms with Gasteiger partial charge >= 0.3 is 0 Å². The summed E-state index contributed by atoms with van der Waals surface area (Å²) in [7, 11) is 0. The zero-order valence-corrected chi connectivity index (χ0v) is 10.3. The Kier molecular flexibility index (Phi) is 5.36. The first-order chi connectivity index (χ1) is 7.63. The van der Waals surface area contributed by atoms with E-state index in [1.54, 1.807) is 24.3 Å². The highest BCUT2D eigenvalue weighted by Crippen LogP contribution is 2.25. The van der Waals surface area contributed by atoms with E-state index in [1.807, 2.05) is 0 Å². The second-order valence-corrected chi connectivity index (χ2v) is 4.20. The Morgan fingerprint density at radius 3 is 2.81 bits per heavy atom. The van der Waals surface area contributed by atoms with Gasteiger partial charge in [0.15, 0.2) is 0 Å². The van der Waals surface area contributed by atoms with Crippen molar-refractivity contribution in [3.05, 3.63) is 40.9 Å². The number of carbonyl (C=O) groups excluding carboxylic acids is 1. The van der Waals surface area contributed by atoms with Gasteiger partial charge in [-0.2, -0.15) is 0 Å². The predicted octanol–water partition coefficient (Wildman–Crippen LogP) is 4.29. The lowest BCUT2D eigenvalue weighted by molar-refractivity contribution is -0.116. The van der Waals surface area contributed by atoms with Gasteiger partial charge < -0.3 is 5.32 Å². The van der Waals surface area contributed by atoms with Gasteiger partial charge in [-0.3, -0.25) is 4.79 Å². The van der Waals surface area contributed by atoms with Gasteiger partial charge in [0, 0.05) is 11.4 Å². The SMILES string of the molecule is C=CCCCC(=O)Nc1ccc(Cl)cc1Cl. The van der Waals surface area contributed by atoms with Gasteiger partial charge in [-0.1, -0.05) is 29.3 Å². The summed E-state index contributed by atoms with van der Waals surface area (Å²) in [5.41, 5.74) is 0.592. The molecule has 0 aliphatic carbocycles. The Labute approximate surface area is 105 Å². The Bertz CT molecular complexity index is 391. The number of hydrogen-bond donors (Lipinski definition) is 1. The van der Waals surface area contributed by atoms with Crippen LogP contribution >= 0.6 is 23.2 Å². The minimum absolute atomic E-state index is 0.0499. The molecule has 1 rings (SSSR count). The van der Waals surface area contributed by atoms with Crippen molar-refractivity contribution in [3.8, 4) is 0 Å². The van der Waals surface area contributed by atoms with Crippen LogP contribution in [-0.4, -0.2) is 5.91 Å². The molecule has 0 aromatic heterocycles. The van der Waals surface area contributed by atoms with Crippen molar-refractivity contribution in [1.29, 1.82) is 0 Å². The van der Waals surface area contributed by atoms with Crippen molar-refractivity contribution in [1.82, 2.24) is 0 Å². The number of carbonyl (C=O) groups is 1.